The number of aromatic amines is 1. The van der Waals surface area contributed by atoms with Crippen molar-refractivity contribution in [1.29, 1.82) is 0 Å². The third kappa shape index (κ3) is 2.99. The van der Waals surface area contributed by atoms with E-state index < -0.39 is 0 Å². The maximum Gasteiger partial charge on any atom is 0.344 e. The van der Waals surface area contributed by atoms with Crippen LogP contribution in [0.4, 0.5) is 0 Å². The molecule has 8 heteroatoms. The quantitative estimate of drug-likeness (QED) is 0.716. The van der Waals surface area contributed by atoms with Gasteiger partial charge in [-0.15, -0.1) is 5.10 Å². The highest BCUT2D eigenvalue weighted by Crippen LogP contribution is 2.22. The molecule has 1 unspecified atom stereocenters. The Morgan fingerprint density at radius 1 is 1.50 bits per heavy atom. The van der Waals surface area contributed by atoms with Crippen molar-refractivity contribution in [3.63, 3.8) is 0 Å². The minimum atomic E-state index is -0.182. The highest BCUT2D eigenvalue weighted by atomic mass is 32.2. The van der Waals surface area contributed by atoms with Gasteiger partial charge in [0.15, 0.2) is 5.16 Å². The summed E-state index contributed by atoms with van der Waals surface area (Å²) in [4.78, 5) is 16.6. The number of hydrogen-bond acceptors (Lipinski definition) is 5. The van der Waals surface area contributed by atoms with Gasteiger partial charge in [0, 0.05) is 24.8 Å². The molecule has 1 atom stereocenters. The van der Waals surface area contributed by atoms with Crippen LogP contribution in [0.5, 0.6) is 0 Å². The van der Waals surface area contributed by atoms with E-state index in [1.165, 1.54) is 11.8 Å². The Labute approximate surface area is 143 Å². The van der Waals surface area contributed by atoms with E-state index in [0.717, 1.165) is 36.4 Å². The van der Waals surface area contributed by atoms with E-state index in [9.17, 15) is 4.79 Å². The van der Waals surface area contributed by atoms with Gasteiger partial charge in [0.2, 0.25) is 0 Å². The van der Waals surface area contributed by atoms with Crippen LogP contribution >= 0.6 is 11.8 Å². The van der Waals surface area contributed by atoms with Gasteiger partial charge in [0.25, 0.3) is 0 Å². The number of nitrogens with one attached hydrogen (secondary N) is 1. The number of aromatic nitrogens is 5. The molecule has 1 aliphatic rings. The molecule has 1 aliphatic heterocycles. The van der Waals surface area contributed by atoms with Crippen molar-refractivity contribution in [3.8, 4) is 0 Å². The van der Waals surface area contributed by atoms with Crippen LogP contribution in [0.1, 0.15) is 24.1 Å². The first-order valence-electron chi connectivity index (χ1n) is 8.03. The van der Waals surface area contributed by atoms with Gasteiger partial charge in [-0.2, -0.15) is 0 Å². The third-order valence-electron chi connectivity index (χ3n) is 4.21. The summed E-state index contributed by atoms with van der Waals surface area (Å²) >= 11 is 1.51. The molecule has 0 amide bonds. The van der Waals surface area contributed by atoms with E-state index in [4.69, 9.17) is 4.74 Å². The smallest absolute Gasteiger partial charge is 0.344 e. The molecule has 126 valence electrons. The van der Waals surface area contributed by atoms with E-state index in [1.807, 2.05) is 35.9 Å². The Morgan fingerprint density at radius 2 is 2.42 bits per heavy atom. The zero-order chi connectivity index (χ0) is 16.5. The molecule has 0 saturated carbocycles. The van der Waals surface area contributed by atoms with Crippen molar-refractivity contribution in [2.24, 2.45) is 0 Å². The summed E-state index contributed by atoms with van der Waals surface area (Å²) in [6.07, 6.45) is 6.17. The van der Waals surface area contributed by atoms with E-state index >= 15 is 0 Å². The first kappa shape index (κ1) is 15.5. The molecule has 0 spiro atoms. The van der Waals surface area contributed by atoms with E-state index in [0.29, 0.717) is 17.5 Å². The molecule has 0 bridgehead atoms. The third-order valence-corrected chi connectivity index (χ3v) is 5.22. The molecule has 0 radical (unpaired) electrons. The van der Waals surface area contributed by atoms with Gasteiger partial charge in [-0.1, -0.05) is 17.8 Å². The number of pyridine rings is 1. The molecule has 3 aromatic heterocycles. The zero-order valence-corrected chi connectivity index (χ0v) is 14.3. The largest absolute Gasteiger partial charge is 0.376 e. The van der Waals surface area contributed by atoms with Gasteiger partial charge in [0.05, 0.1) is 18.3 Å². The van der Waals surface area contributed by atoms with Gasteiger partial charge < -0.3 is 9.14 Å². The summed E-state index contributed by atoms with van der Waals surface area (Å²) < 4.78 is 9.32. The van der Waals surface area contributed by atoms with Crippen molar-refractivity contribution >= 4 is 17.4 Å². The van der Waals surface area contributed by atoms with Gasteiger partial charge in [-0.05, 0) is 31.4 Å². The molecule has 1 saturated heterocycles. The topological polar surface area (TPSA) is 77.2 Å². The number of fused-ring (bicyclic) bond motifs is 1. The number of H-pyrrole nitrogens is 1. The van der Waals surface area contributed by atoms with Crippen LogP contribution in [-0.4, -0.2) is 36.9 Å². The molecule has 1 fully saturated rings. The van der Waals surface area contributed by atoms with Crippen LogP contribution in [0.15, 0.2) is 34.5 Å². The summed E-state index contributed by atoms with van der Waals surface area (Å²) in [5.74, 6) is 0.664. The normalized spacial score (nSPS) is 17.8. The summed E-state index contributed by atoms with van der Waals surface area (Å²) in [5, 5.41) is 7.37. The lowest BCUT2D eigenvalue weighted by atomic mass is 10.2. The predicted octanol–water partition coefficient (Wildman–Crippen LogP) is 2.00. The highest BCUT2D eigenvalue weighted by molar-refractivity contribution is 7.98. The number of imidazole rings is 1. The standard InChI is InChI=1S/C16H19N5O2S/c1-11-4-2-6-20-8-12(17-14(11)20)10-24-16-19-18-15(22)21(16)9-13-5-3-7-23-13/h2,4,6,8,13H,3,5,7,9-10H2,1H3,(H,18,22). The molecular formula is C16H19N5O2S. The Kier molecular flexibility index (Phi) is 4.15. The highest BCUT2D eigenvalue weighted by Gasteiger charge is 2.19. The number of ether oxygens (including phenoxy) is 1. The molecule has 0 aliphatic carbocycles. The molecular weight excluding hydrogens is 326 g/mol. The van der Waals surface area contributed by atoms with Gasteiger partial charge in [-0.3, -0.25) is 4.57 Å². The molecule has 24 heavy (non-hydrogen) atoms. The van der Waals surface area contributed by atoms with Crippen LogP contribution in [0.3, 0.4) is 0 Å². The van der Waals surface area contributed by atoms with Crippen molar-refractivity contribution in [3.05, 3.63) is 46.3 Å². The van der Waals surface area contributed by atoms with Crippen molar-refractivity contribution in [2.45, 2.75) is 43.3 Å². The Bertz CT molecular complexity index is 907. The zero-order valence-electron chi connectivity index (χ0n) is 13.4. The number of rotatable bonds is 5. The summed E-state index contributed by atoms with van der Waals surface area (Å²) in [7, 11) is 0. The molecule has 3 aromatic rings. The van der Waals surface area contributed by atoms with Gasteiger partial charge >= 0.3 is 5.69 Å². The first-order valence-corrected chi connectivity index (χ1v) is 9.02. The molecule has 7 nitrogen and oxygen atoms in total. The van der Waals surface area contributed by atoms with Gasteiger partial charge in [0.1, 0.15) is 5.65 Å². The lowest BCUT2D eigenvalue weighted by Crippen LogP contribution is -2.24. The van der Waals surface area contributed by atoms with Crippen LogP contribution in [-0.2, 0) is 17.0 Å². The monoisotopic (exact) mass is 345 g/mol. The first-order chi connectivity index (χ1) is 11.7. The Balaban J connectivity index is 1.50. The van der Waals surface area contributed by atoms with E-state index in [1.54, 1.807) is 4.57 Å². The Hall–Kier alpha value is -2.06. The molecule has 4 heterocycles. The van der Waals surface area contributed by atoms with Gasteiger partial charge in [-0.25, -0.2) is 14.9 Å². The predicted molar refractivity (Wildman–Crippen MR) is 91.3 cm³/mol. The number of hydrogen-bond donors (Lipinski definition) is 1. The molecule has 0 aromatic carbocycles. The lowest BCUT2D eigenvalue weighted by molar-refractivity contribution is 0.0941. The fraction of sp³-hybridized carbons (Fsp3) is 0.438. The summed E-state index contributed by atoms with van der Waals surface area (Å²) in [6, 6.07) is 4.06. The average Bonchev–Trinajstić information content (AvgIpc) is 3.28. The fourth-order valence-electron chi connectivity index (χ4n) is 2.98. The van der Waals surface area contributed by atoms with E-state index in [2.05, 4.69) is 15.2 Å². The maximum atomic E-state index is 12.0. The average molecular weight is 345 g/mol. The minimum absolute atomic E-state index is 0.109. The second-order valence-electron chi connectivity index (χ2n) is 6.00. The second kappa shape index (κ2) is 6.45. The van der Waals surface area contributed by atoms with E-state index in [-0.39, 0.29) is 11.8 Å². The lowest BCUT2D eigenvalue weighted by Gasteiger charge is -2.10. The van der Waals surface area contributed by atoms with Crippen molar-refractivity contribution < 1.29 is 4.74 Å². The second-order valence-corrected chi connectivity index (χ2v) is 6.94. The molecule has 1 N–H and O–H groups in total. The number of aryl methyl sites for hydroxylation is 1. The van der Waals surface area contributed by atoms with Crippen molar-refractivity contribution in [2.75, 3.05) is 6.61 Å². The molecule has 4 rings (SSSR count). The van der Waals surface area contributed by atoms with Crippen LogP contribution in [0.2, 0.25) is 0 Å². The SMILES string of the molecule is Cc1cccn2cc(CSc3n[nH]c(=O)n3CC3CCCO3)nc12. The summed E-state index contributed by atoms with van der Waals surface area (Å²) in [6.45, 7) is 3.38. The number of thioether (sulfide) groups is 1. The Morgan fingerprint density at radius 3 is 3.21 bits per heavy atom. The summed E-state index contributed by atoms with van der Waals surface area (Å²) in [5.41, 5.74) is 2.89. The maximum absolute atomic E-state index is 12.0. The minimum Gasteiger partial charge on any atom is -0.376 e. The fourth-order valence-corrected chi connectivity index (χ4v) is 3.82. The van der Waals surface area contributed by atoms with Crippen LogP contribution in [0.25, 0.3) is 5.65 Å². The van der Waals surface area contributed by atoms with Crippen LogP contribution < -0.4 is 5.69 Å². The van der Waals surface area contributed by atoms with Crippen molar-refractivity contribution in [1.82, 2.24) is 24.1 Å². The number of nitrogens with zero attached hydrogens (tertiary/aromatic N) is 4. The van der Waals surface area contributed by atoms with Crippen LogP contribution in [0, 0.1) is 6.92 Å².